The van der Waals surface area contributed by atoms with Crippen LogP contribution in [0.4, 0.5) is 11.8 Å². The largest absolute Gasteiger partial charge is 0.469 e. The number of furan rings is 1. The van der Waals surface area contributed by atoms with Crippen molar-refractivity contribution >= 4 is 17.5 Å². The van der Waals surface area contributed by atoms with E-state index in [0.29, 0.717) is 43.3 Å². The Labute approximate surface area is 164 Å². The summed E-state index contributed by atoms with van der Waals surface area (Å²) in [6.07, 6.45) is 2.74. The van der Waals surface area contributed by atoms with E-state index in [2.05, 4.69) is 15.1 Å². The lowest BCUT2D eigenvalue weighted by atomic mass is 9.84. The Morgan fingerprint density at radius 3 is 2.75 bits per heavy atom. The minimum atomic E-state index is 0.0219. The zero-order valence-electron chi connectivity index (χ0n) is 16.2. The molecule has 2 aliphatic rings. The average molecular weight is 385 g/mol. The average Bonchev–Trinajstić information content (AvgIpc) is 3.23. The number of rotatable bonds is 6. The van der Waals surface area contributed by atoms with Gasteiger partial charge in [0, 0.05) is 58.0 Å². The second-order valence-electron chi connectivity index (χ2n) is 7.32. The zero-order valence-corrected chi connectivity index (χ0v) is 16.2. The molecule has 1 saturated heterocycles. The van der Waals surface area contributed by atoms with Crippen LogP contribution in [0.1, 0.15) is 41.1 Å². The molecule has 4 rings (SSSR count). The van der Waals surface area contributed by atoms with Crippen molar-refractivity contribution in [1.82, 2.24) is 14.9 Å². The van der Waals surface area contributed by atoms with E-state index in [1.54, 1.807) is 6.26 Å². The molecule has 2 aromatic rings. The molecule has 0 radical (unpaired) electrons. The van der Waals surface area contributed by atoms with E-state index >= 15 is 0 Å². The molecule has 1 aliphatic carbocycles. The number of aliphatic hydroxyl groups is 1. The third kappa shape index (κ3) is 3.74. The maximum Gasteiger partial charge on any atom is 0.227 e. The summed E-state index contributed by atoms with van der Waals surface area (Å²) >= 11 is 0. The van der Waals surface area contributed by atoms with Crippen LogP contribution in [0.3, 0.4) is 0 Å². The summed E-state index contributed by atoms with van der Waals surface area (Å²) in [4.78, 5) is 26.8. The molecule has 1 fully saturated rings. The molecule has 2 N–H and O–H groups in total. The van der Waals surface area contributed by atoms with Gasteiger partial charge in [-0.2, -0.15) is 4.98 Å². The topological polar surface area (TPSA) is 94.7 Å². The first-order valence-corrected chi connectivity index (χ1v) is 9.99. The summed E-state index contributed by atoms with van der Waals surface area (Å²) < 4.78 is 5.55. The number of ketones is 1. The molecule has 0 amide bonds. The molecule has 8 heteroatoms. The van der Waals surface area contributed by atoms with Crippen molar-refractivity contribution in [3.63, 3.8) is 0 Å². The van der Waals surface area contributed by atoms with Gasteiger partial charge in [-0.3, -0.25) is 9.69 Å². The molecule has 1 aliphatic heterocycles. The van der Waals surface area contributed by atoms with Gasteiger partial charge in [0.1, 0.15) is 11.6 Å². The van der Waals surface area contributed by atoms with Crippen LogP contribution in [-0.2, 0) is 6.42 Å². The van der Waals surface area contributed by atoms with Crippen LogP contribution < -0.4 is 10.2 Å². The fourth-order valence-electron chi connectivity index (χ4n) is 4.04. The van der Waals surface area contributed by atoms with Crippen molar-refractivity contribution in [2.75, 3.05) is 56.1 Å². The quantitative estimate of drug-likeness (QED) is 0.773. The lowest BCUT2D eigenvalue weighted by Gasteiger charge is -2.35. The molecule has 2 aromatic heterocycles. The van der Waals surface area contributed by atoms with Gasteiger partial charge in [0.15, 0.2) is 5.78 Å². The molecule has 150 valence electrons. The second-order valence-corrected chi connectivity index (χ2v) is 7.32. The van der Waals surface area contributed by atoms with Crippen LogP contribution in [0.25, 0.3) is 0 Å². The van der Waals surface area contributed by atoms with E-state index in [-0.39, 0.29) is 18.3 Å². The van der Waals surface area contributed by atoms with E-state index in [9.17, 15) is 4.79 Å². The van der Waals surface area contributed by atoms with Gasteiger partial charge in [0.05, 0.1) is 24.1 Å². The molecule has 0 saturated carbocycles. The van der Waals surface area contributed by atoms with Crippen LogP contribution in [0, 0.1) is 0 Å². The minimum Gasteiger partial charge on any atom is -0.469 e. The van der Waals surface area contributed by atoms with Crippen LogP contribution in [-0.4, -0.2) is 71.6 Å². The number of piperazine rings is 1. The van der Waals surface area contributed by atoms with E-state index in [0.717, 1.165) is 37.6 Å². The predicted molar refractivity (Wildman–Crippen MR) is 106 cm³/mol. The summed E-state index contributed by atoms with van der Waals surface area (Å²) in [5.74, 6) is 2.24. The van der Waals surface area contributed by atoms with E-state index in [1.807, 2.05) is 19.1 Å². The van der Waals surface area contributed by atoms with Crippen LogP contribution in [0.5, 0.6) is 0 Å². The number of Topliss-reactive ketones (excluding diaryl/α,β-unsaturated/α-hetero) is 1. The summed E-state index contributed by atoms with van der Waals surface area (Å²) in [6.45, 7) is 6.91. The van der Waals surface area contributed by atoms with Gasteiger partial charge >= 0.3 is 0 Å². The Hall–Kier alpha value is -2.45. The van der Waals surface area contributed by atoms with Gasteiger partial charge in [0.25, 0.3) is 0 Å². The molecule has 1 unspecified atom stereocenters. The van der Waals surface area contributed by atoms with Crippen molar-refractivity contribution in [2.24, 2.45) is 0 Å². The van der Waals surface area contributed by atoms with Crippen molar-refractivity contribution in [1.29, 1.82) is 0 Å². The molecule has 28 heavy (non-hydrogen) atoms. The first-order chi connectivity index (χ1) is 13.7. The number of aliphatic hydroxyl groups excluding tert-OH is 1. The molecule has 0 spiro atoms. The minimum absolute atomic E-state index is 0.0219. The van der Waals surface area contributed by atoms with Crippen LogP contribution in [0.2, 0.25) is 0 Å². The normalized spacial score (nSPS) is 20.3. The standard InChI is InChI=1S/C20H27N5O3/c1-2-21-19-18-15(12-14(13-16(18)27)17-4-3-11-28-17)22-20(23-19)25-7-5-24(6-8-25)9-10-26/h3-4,11,14,26H,2,5-10,12-13H2,1H3,(H,21,22,23). The number of nitrogens with zero attached hydrogens (tertiary/aromatic N) is 4. The zero-order chi connectivity index (χ0) is 19.5. The van der Waals surface area contributed by atoms with Gasteiger partial charge in [-0.15, -0.1) is 0 Å². The van der Waals surface area contributed by atoms with Crippen molar-refractivity contribution in [3.05, 3.63) is 35.4 Å². The first kappa shape index (κ1) is 18.9. The molecule has 3 heterocycles. The van der Waals surface area contributed by atoms with Gasteiger partial charge in [-0.25, -0.2) is 4.98 Å². The number of hydrogen-bond donors (Lipinski definition) is 2. The van der Waals surface area contributed by atoms with Gasteiger partial charge in [0.2, 0.25) is 5.95 Å². The summed E-state index contributed by atoms with van der Waals surface area (Å²) in [6, 6.07) is 3.79. The van der Waals surface area contributed by atoms with Gasteiger partial charge < -0.3 is 19.7 Å². The van der Waals surface area contributed by atoms with E-state index < -0.39 is 0 Å². The van der Waals surface area contributed by atoms with E-state index in [1.165, 1.54) is 0 Å². The van der Waals surface area contributed by atoms with Crippen molar-refractivity contribution < 1.29 is 14.3 Å². The number of nitrogens with one attached hydrogen (secondary N) is 1. The number of β-amino-alcohol motifs (C(OH)–C–C–N with tert-alkyl or cyclic N) is 1. The number of fused-ring (bicyclic) bond motifs is 1. The number of aromatic nitrogens is 2. The Balaban J connectivity index is 1.62. The third-order valence-corrected chi connectivity index (χ3v) is 5.48. The number of hydrogen-bond acceptors (Lipinski definition) is 8. The van der Waals surface area contributed by atoms with Gasteiger partial charge in [-0.1, -0.05) is 0 Å². The fourth-order valence-corrected chi connectivity index (χ4v) is 4.04. The fraction of sp³-hybridized carbons (Fsp3) is 0.550. The maximum atomic E-state index is 12.9. The monoisotopic (exact) mass is 385 g/mol. The summed E-state index contributed by atoms with van der Waals surface area (Å²) in [7, 11) is 0. The number of carbonyl (C=O) groups is 1. The Morgan fingerprint density at radius 1 is 1.25 bits per heavy atom. The molecule has 0 aromatic carbocycles. The highest BCUT2D eigenvalue weighted by molar-refractivity contribution is 6.03. The molecule has 8 nitrogen and oxygen atoms in total. The Morgan fingerprint density at radius 2 is 2.07 bits per heavy atom. The molecule has 1 atom stereocenters. The highest BCUT2D eigenvalue weighted by atomic mass is 16.3. The SMILES string of the molecule is CCNc1nc(N2CCN(CCO)CC2)nc2c1C(=O)CC(c1ccco1)C2. The second kappa shape index (κ2) is 8.28. The van der Waals surface area contributed by atoms with Crippen molar-refractivity contribution in [3.8, 4) is 0 Å². The first-order valence-electron chi connectivity index (χ1n) is 9.99. The Kier molecular flexibility index (Phi) is 5.59. The number of carbonyl (C=O) groups excluding carboxylic acids is 1. The van der Waals surface area contributed by atoms with Crippen LogP contribution >= 0.6 is 0 Å². The maximum absolute atomic E-state index is 12.9. The Bertz CT molecular complexity index is 815. The third-order valence-electron chi connectivity index (χ3n) is 5.48. The molecular formula is C20H27N5O3. The highest BCUT2D eigenvalue weighted by Crippen LogP contribution is 2.35. The summed E-state index contributed by atoms with van der Waals surface area (Å²) in [5.41, 5.74) is 1.43. The van der Waals surface area contributed by atoms with Crippen molar-refractivity contribution in [2.45, 2.75) is 25.7 Å². The lowest BCUT2D eigenvalue weighted by Crippen LogP contribution is -2.48. The smallest absolute Gasteiger partial charge is 0.227 e. The summed E-state index contributed by atoms with van der Waals surface area (Å²) in [5, 5.41) is 12.4. The molecule has 0 bridgehead atoms. The highest BCUT2D eigenvalue weighted by Gasteiger charge is 2.33. The number of anilines is 2. The van der Waals surface area contributed by atoms with Gasteiger partial charge in [-0.05, 0) is 19.1 Å². The predicted octanol–water partition coefficient (Wildman–Crippen LogP) is 1.53. The van der Waals surface area contributed by atoms with E-state index in [4.69, 9.17) is 19.5 Å². The lowest BCUT2D eigenvalue weighted by molar-refractivity contribution is 0.0959. The molecular weight excluding hydrogens is 358 g/mol. The van der Waals surface area contributed by atoms with Crippen LogP contribution in [0.15, 0.2) is 22.8 Å².